The molecule has 2 rings (SSSR count). The van der Waals surface area contributed by atoms with E-state index >= 15 is 0 Å². The number of hydrogen-bond acceptors (Lipinski definition) is 1. The molecule has 1 nitrogen and oxygen atoms in total. The minimum absolute atomic E-state index is 0.00685. The van der Waals surface area contributed by atoms with E-state index in [1.165, 1.54) is 6.07 Å². The number of aliphatic hydroxyl groups is 1. The molecular formula is C17H24ClFO. The van der Waals surface area contributed by atoms with Gasteiger partial charge in [-0.25, -0.2) is 4.39 Å². The minimum Gasteiger partial charge on any atom is -0.389 e. The van der Waals surface area contributed by atoms with Crippen LogP contribution in [0.5, 0.6) is 0 Å². The Bertz CT molecular complexity index is 460. The van der Waals surface area contributed by atoms with Crippen LogP contribution in [0, 0.1) is 17.2 Å². The molecule has 0 heterocycles. The molecule has 0 spiro atoms. The largest absolute Gasteiger partial charge is 0.389 e. The van der Waals surface area contributed by atoms with Crippen LogP contribution in [-0.4, -0.2) is 10.7 Å². The molecule has 0 radical (unpaired) electrons. The van der Waals surface area contributed by atoms with Gasteiger partial charge >= 0.3 is 0 Å². The zero-order valence-corrected chi connectivity index (χ0v) is 13.3. The first-order chi connectivity index (χ1) is 9.24. The van der Waals surface area contributed by atoms with Gasteiger partial charge in [0.05, 0.1) is 5.60 Å². The van der Waals surface area contributed by atoms with E-state index in [1.54, 1.807) is 12.1 Å². The van der Waals surface area contributed by atoms with Crippen LogP contribution in [0.4, 0.5) is 4.39 Å². The highest BCUT2D eigenvalue weighted by Crippen LogP contribution is 2.46. The molecule has 0 saturated heterocycles. The molecule has 0 aliphatic heterocycles. The molecule has 1 aliphatic carbocycles. The minimum atomic E-state index is -0.859. The van der Waals surface area contributed by atoms with E-state index in [0.29, 0.717) is 17.0 Å². The lowest BCUT2D eigenvalue weighted by Crippen LogP contribution is -2.48. The molecule has 3 heteroatoms. The Morgan fingerprint density at radius 2 is 2.05 bits per heavy atom. The Kier molecular flexibility index (Phi) is 4.46. The maximum absolute atomic E-state index is 14.0. The van der Waals surface area contributed by atoms with Crippen LogP contribution in [0.1, 0.15) is 52.0 Å². The van der Waals surface area contributed by atoms with Gasteiger partial charge in [-0.1, -0.05) is 51.3 Å². The van der Waals surface area contributed by atoms with Crippen molar-refractivity contribution in [3.05, 3.63) is 34.6 Å². The van der Waals surface area contributed by atoms with E-state index in [2.05, 4.69) is 20.8 Å². The Balaban J connectivity index is 2.33. The van der Waals surface area contributed by atoms with E-state index in [9.17, 15) is 9.50 Å². The molecule has 0 aromatic heterocycles. The van der Waals surface area contributed by atoms with Gasteiger partial charge in [0.15, 0.2) is 0 Å². The van der Waals surface area contributed by atoms with Gasteiger partial charge in [-0.15, -0.1) is 0 Å². The van der Waals surface area contributed by atoms with Crippen molar-refractivity contribution < 1.29 is 9.50 Å². The zero-order chi connectivity index (χ0) is 15.0. The van der Waals surface area contributed by atoms with Crippen LogP contribution < -0.4 is 0 Å². The molecular weight excluding hydrogens is 275 g/mol. The third kappa shape index (κ3) is 3.17. The van der Waals surface area contributed by atoms with E-state index in [4.69, 9.17) is 11.6 Å². The molecule has 0 bridgehead atoms. The molecule has 1 N–H and O–H groups in total. The van der Waals surface area contributed by atoms with Crippen LogP contribution in [0.15, 0.2) is 18.2 Å². The summed E-state index contributed by atoms with van der Waals surface area (Å²) in [5.74, 6) is -0.149. The van der Waals surface area contributed by atoms with E-state index in [1.807, 2.05) is 0 Å². The maximum Gasteiger partial charge on any atom is 0.127 e. The first-order valence-corrected chi connectivity index (χ1v) is 7.77. The Morgan fingerprint density at radius 3 is 2.65 bits per heavy atom. The average Bonchev–Trinajstić information content (AvgIpc) is 2.33. The molecule has 1 saturated carbocycles. The number of rotatable bonds is 2. The molecule has 112 valence electrons. The Hall–Kier alpha value is -0.600. The summed E-state index contributed by atoms with van der Waals surface area (Å²) in [6.45, 7) is 6.45. The van der Waals surface area contributed by atoms with Gasteiger partial charge in [-0.2, -0.15) is 0 Å². The lowest BCUT2D eigenvalue weighted by atomic mass is 9.62. The topological polar surface area (TPSA) is 20.2 Å². The molecule has 1 aromatic rings. The van der Waals surface area contributed by atoms with Crippen LogP contribution in [0.3, 0.4) is 0 Å². The predicted octanol–water partition coefficient (Wildman–Crippen LogP) is 4.99. The summed E-state index contributed by atoms with van der Waals surface area (Å²) in [4.78, 5) is 0. The standard InChI is InChI=1S/C17H24ClFO/c1-16(2,3)15-9-4-5-10-17(15,20)11-12-13(18)7-6-8-14(12)19/h6-8,15,20H,4-5,9-11H2,1-3H3. The van der Waals surface area contributed by atoms with Gasteiger partial charge in [0.25, 0.3) is 0 Å². The smallest absolute Gasteiger partial charge is 0.127 e. The summed E-state index contributed by atoms with van der Waals surface area (Å²) >= 11 is 6.12. The van der Waals surface area contributed by atoms with Crippen LogP contribution in [-0.2, 0) is 6.42 Å². The van der Waals surface area contributed by atoms with Gasteiger partial charge in [-0.05, 0) is 36.3 Å². The van der Waals surface area contributed by atoms with Crippen molar-refractivity contribution in [2.24, 2.45) is 11.3 Å². The predicted molar refractivity (Wildman–Crippen MR) is 81.5 cm³/mol. The molecule has 1 aromatic carbocycles. The quantitative estimate of drug-likeness (QED) is 0.815. The first kappa shape index (κ1) is 15.8. The second kappa shape index (κ2) is 5.65. The van der Waals surface area contributed by atoms with E-state index in [0.717, 1.165) is 25.7 Å². The van der Waals surface area contributed by atoms with Crippen molar-refractivity contribution in [1.29, 1.82) is 0 Å². The van der Waals surface area contributed by atoms with E-state index in [-0.39, 0.29) is 17.2 Å². The van der Waals surface area contributed by atoms with Crippen molar-refractivity contribution >= 4 is 11.6 Å². The second-order valence-corrected chi connectivity index (χ2v) is 7.55. The lowest BCUT2D eigenvalue weighted by Gasteiger charge is -2.47. The monoisotopic (exact) mass is 298 g/mol. The zero-order valence-electron chi connectivity index (χ0n) is 12.5. The molecule has 2 atom stereocenters. The van der Waals surface area contributed by atoms with Crippen molar-refractivity contribution in [2.75, 3.05) is 0 Å². The summed E-state index contributed by atoms with van der Waals surface area (Å²) in [6.07, 6.45) is 4.15. The third-order valence-electron chi connectivity index (χ3n) is 4.59. The molecule has 2 unspecified atom stereocenters. The molecule has 1 aliphatic rings. The summed E-state index contributed by atoms with van der Waals surface area (Å²) < 4.78 is 14.0. The second-order valence-electron chi connectivity index (χ2n) is 7.14. The molecule has 20 heavy (non-hydrogen) atoms. The van der Waals surface area contributed by atoms with Gasteiger partial charge in [0.2, 0.25) is 0 Å². The van der Waals surface area contributed by atoms with Crippen LogP contribution in [0.25, 0.3) is 0 Å². The lowest BCUT2D eigenvalue weighted by molar-refractivity contribution is -0.0893. The fourth-order valence-corrected chi connectivity index (χ4v) is 3.91. The summed E-state index contributed by atoms with van der Waals surface area (Å²) in [7, 11) is 0. The summed E-state index contributed by atoms with van der Waals surface area (Å²) in [6, 6.07) is 4.71. The van der Waals surface area contributed by atoms with Gasteiger partial charge in [0.1, 0.15) is 5.82 Å². The highest BCUT2D eigenvalue weighted by Gasteiger charge is 2.45. The Labute approximate surface area is 126 Å². The van der Waals surface area contributed by atoms with Crippen molar-refractivity contribution in [3.63, 3.8) is 0 Å². The van der Waals surface area contributed by atoms with Crippen molar-refractivity contribution in [1.82, 2.24) is 0 Å². The van der Waals surface area contributed by atoms with E-state index < -0.39 is 5.60 Å². The van der Waals surface area contributed by atoms with Gasteiger partial charge < -0.3 is 5.11 Å². The van der Waals surface area contributed by atoms with Crippen LogP contribution >= 0.6 is 11.6 Å². The number of hydrogen-bond donors (Lipinski definition) is 1. The molecule has 0 amide bonds. The highest BCUT2D eigenvalue weighted by molar-refractivity contribution is 6.31. The first-order valence-electron chi connectivity index (χ1n) is 7.39. The van der Waals surface area contributed by atoms with Crippen LogP contribution in [0.2, 0.25) is 5.02 Å². The number of benzene rings is 1. The Morgan fingerprint density at radius 1 is 1.35 bits per heavy atom. The molecule has 1 fully saturated rings. The van der Waals surface area contributed by atoms with Gasteiger partial charge in [0, 0.05) is 17.0 Å². The van der Waals surface area contributed by atoms with Gasteiger partial charge in [-0.3, -0.25) is 0 Å². The summed E-state index contributed by atoms with van der Waals surface area (Å²) in [5.41, 5.74) is -0.400. The fourth-order valence-electron chi connectivity index (χ4n) is 3.68. The maximum atomic E-state index is 14.0. The van der Waals surface area contributed by atoms with Crippen molar-refractivity contribution in [3.8, 4) is 0 Å². The number of halogens is 2. The fraction of sp³-hybridized carbons (Fsp3) is 0.647. The average molecular weight is 299 g/mol. The van der Waals surface area contributed by atoms with Crippen molar-refractivity contribution in [2.45, 2.75) is 58.5 Å². The third-order valence-corrected chi connectivity index (χ3v) is 4.95. The SMILES string of the molecule is CC(C)(C)C1CCCCC1(O)Cc1c(F)cccc1Cl. The highest BCUT2D eigenvalue weighted by atomic mass is 35.5. The normalized spacial score (nSPS) is 27.6. The summed E-state index contributed by atoms with van der Waals surface area (Å²) in [5, 5.41) is 11.6.